The van der Waals surface area contributed by atoms with E-state index >= 15 is 0 Å². The number of imidazole rings is 1. The van der Waals surface area contributed by atoms with E-state index in [0.29, 0.717) is 12.5 Å². The van der Waals surface area contributed by atoms with Gasteiger partial charge in [0.2, 0.25) is 0 Å². The van der Waals surface area contributed by atoms with E-state index in [1.54, 1.807) is 0 Å². The van der Waals surface area contributed by atoms with Crippen LogP contribution in [0.2, 0.25) is 0 Å². The zero-order chi connectivity index (χ0) is 21.1. The van der Waals surface area contributed by atoms with Crippen molar-refractivity contribution < 1.29 is 4.74 Å². The molecule has 0 bridgehead atoms. The van der Waals surface area contributed by atoms with Gasteiger partial charge in [-0.2, -0.15) is 0 Å². The summed E-state index contributed by atoms with van der Waals surface area (Å²) in [5.41, 5.74) is 5.77. The first-order valence-corrected chi connectivity index (χ1v) is 11.3. The third-order valence-corrected chi connectivity index (χ3v) is 6.04. The van der Waals surface area contributed by atoms with Gasteiger partial charge in [-0.05, 0) is 54.7 Å². The minimum Gasteiger partial charge on any atom is -0.493 e. The molecule has 0 aliphatic carbocycles. The van der Waals surface area contributed by atoms with Crippen molar-refractivity contribution in [2.24, 2.45) is 0 Å². The van der Waals surface area contributed by atoms with Gasteiger partial charge in [0.1, 0.15) is 11.6 Å². The Kier molecular flexibility index (Phi) is 6.24. The number of aromatic nitrogens is 2. The first-order chi connectivity index (χ1) is 14.5. The van der Waals surface area contributed by atoms with E-state index in [-0.39, 0.29) is 0 Å². The number of aryl methyl sites for hydroxylation is 2. The summed E-state index contributed by atoms with van der Waals surface area (Å²) in [6, 6.07) is 23.1. The van der Waals surface area contributed by atoms with Crippen LogP contribution in [0.3, 0.4) is 0 Å². The number of hydrogen-bond acceptors (Lipinski definition) is 2. The Morgan fingerprint density at radius 2 is 1.77 bits per heavy atom. The maximum atomic E-state index is 6.22. The molecule has 1 aromatic heterocycles. The quantitative estimate of drug-likeness (QED) is 0.268. The Morgan fingerprint density at radius 3 is 2.57 bits per heavy atom. The van der Waals surface area contributed by atoms with Gasteiger partial charge in [0.05, 0.1) is 17.6 Å². The van der Waals surface area contributed by atoms with E-state index in [9.17, 15) is 0 Å². The Balaban J connectivity index is 1.56. The van der Waals surface area contributed by atoms with E-state index in [1.165, 1.54) is 11.1 Å². The molecule has 1 heterocycles. The predicted molar refractivity (Wildman–Crippen MR) is 128 cm³/mol. The molecule has 0 radical (unpaired) electrons. The molecule has 0 atom stereocenters. The number of hydrogen-bond donors (Lipinski definition) is 0. The molecule has 0 saturated carbocycles. The molecule has 0 aliphatic heterocycles. The van der Waals surface area contributed by atoms with Gasteiger partial charge >= 0.3 is 0 Å². The van der Waals surface area contributed by atoms with Crippen LogP contribution in [0.4, 0.5) is 0 Å². The number of benzene rings is 3. The largest absolute Gasteiger partial charge is 0.493 e. The third kappa shape index (κ3) is 4.29. The average Bonchev–Trinajstić information content (AvgIpc) is 3.10. The number of ether oxygens (including phenoxy) is 1. The van der Waals surface area contributed by atoms with Gasteiger partial charge in [0.25, 0.3) is 0 Å². The number of para-hydroxylation sites is 2. The molecule has 4 aromatic rings. The Bertz CT molecular complexity index is 1160. The molecular weight excluding hydrogens is 436 g/mol. The molecule has 4 rings (SSSR count). The predicted octanol–water partition coefficient (Wildman–Crippen LogP) is 7.37. The molecule has 0 saturated heterocycles. The minimum absolute atomic E-state index is 0.445. The van der Waals surface area contributed by atoms with Crippen molar-refractivity contribution in [3.63, 3.8) is 0 Å². The molecule has 154 valence electrons. The third-order valence-electron chi connectivity index (χ3n) is 5.34. The summed E-state index contributed by atoms with van der Waals surface area (Å²) < 4.78 is 9.57. The highest BCUT2D eigenvalue weighted by molar-refractivity contribution is 9.10. The van der Waals surface area contributed by atoms with Crippen molar-refractivity contribution >= 4 is 27.0 Å². The van der Waals surface area contributed by atoms with Gasteiger partial charge in [-0.15, -0.1) is 0 Å². The van der Waals surface area contributed by atoms with Crippen molar-refractivity contribution in [3.05, 3.63) is 82.3 Å². The maximum absolute atomic E-state index is 6.22. The van der Waals surface area contributed by atoms with Crippen LogP contribution in [0.15, 0.2) is 71.2 Å². The number of fused-ring (bicyclic) bond motifs is 1. The van der Waals surface area contributed by atoms with Crippen LogP contribution in [0.5, 0.6) is 5.75 Å². The van der Waals surface area contributed by atoms with Crippen LogP contribution in [0.25, 0.3) is 22.4 Å². The molecule has 30 heavy (non-hydrogen) atoms. The highest BCUT2D eigenvalue weighted by atomic mass is 79.9. The molecule has 0 amide bonds. The van der Waals surface area contributed by atoms with Crippen LogP contribution in [-0.4, -0.2) is 16.2 Å². The maximum Gasteiger partial charge on any atom is 0.142 e. The number of nitrogens with zero attached hydrogens (tertiary/aromatic N) is 2. The average molecular weight is 463 g/mol. The summed E-state index contributed by atoms with van der Waals surface area (Å²) in [6.07, 6.45) is 0.906. The van der Waals surface area contributed by atoms with Crippen molar-refractivity contribution in [3.8, 4) is 17.1 Å². The number of halogens is 1. The lowest BCUT2D eigenvalue weighted by molar-refractivity contribution is 0.298. The molecule has 4 heteroatoms. The fourth-order valence-corrected chi connectivity index (χ4v) is 4.26. The summed E-state index contributed by atoms with van der Waals surface area (Å²) in [5.74, 6) is 2.44. The monoisotopic (exact) mass is 462 g/mol. The first-order valence-electron chi connectivity index (χ1n) is 10.5. The second-order valence-electron chi connectivity index (χ2n) is 7.95. The molecular formula is C26H27BrN2O. The second kappa shape index (κ2) is 9.05. The standard InChI is InChI=1S/C26H27BrN2O/c1-18(2)20-14-13-19(3)17-25(20)30-16-8-15-29-24-12-7-6-11-23(24)28-26(29)21-9-4-5-10-22(21)27/h4-7,9-14,17-18H,8,15-16H2,1-3H3. The molecule has 0 unspecified atom stereocenters. The van der Waals surface area contributed by atoms with Crippen LogP contribution >= 0.6 is 15.9 Å². The Hall–Kier alpha value is -2.59. The second-order valence-corrected chi connectivity index (χ2v) is 8.81. The Labute approximate surface area is 186 Å². The fourth-order valence-electron chi connectivity index (χ4n) is 3.80. The lowest BCUT2D eigenvalue weighted by atomic mass is 10.0. The van der Waals surface area contributed by atoms with E-state index in [0.717, 1.165) is 45.6 Å². The summed E-state index contributed by atoms with van der Waals surface area (Å²) in [5, 5.41) is 0. The highest BCUT2D eigenvalue weighted by Gasteiger charge is 2.14. The minimum atomic E-state index is 0.445. The van der Waals surface area contributed by atoms with Crippen LogP contribution < -0.4 is 4.74 Å². The summed E-state index contributed by atoms with van der Waals surface area (Å²) in [7, 11) is 0. The van der Waals surface area contributed by atoms with Crippen molar-refractivity contribution in [2.75, 3.05) is 6.61 Å². The highest BCUT2D eigenvalue weighted by Crippen LogP contribution is 2.31. The topological polar surface area (TPSA) is 27.1 Å². The van der Waals surface area contributed by atoms with Gasteiger partial charge in [-0.1, -0.05) is 72.2 Å². The molecule has 0 spiro atoms. The van der Waals surface area contributed by atoms with Crippen LogP contribution in [0.1, 0.15) is 37.3 Å². The molecule has 0 N–H and O–H groups in total. The molecule has 0 fully saturated rings. The van der Waals surface area contributed by atoms with E-state index < -0.39 is 0 Å². The molecule has 3 aromatic carbocycles. The van der Waals surface area contributed by atoms with Crippen LogP contribution in [0, 0.1) is 6.92 Å². The summed E-state index contributed by atoms with van der Waals surface area (Å²) >= 11 is 3.69. The van der Waals surface area contributed by atoms with E-state index in [2.05, 4.69) is 95.9 Å². The number of rotatable bonds is 7. The zero-order valence-electron chi connectivity index (χ0n) is 17.7. The summed E-state index contributed by atoms with van der Waals surface area (Å²) in [4.78, 5) is 4.92. The Morgan fingerprint density at radius 1 is 1.00 bits per heavy atom. The van der Waals surface area contributed by atoms with E-state index in [4.69, 9.17) is 9.72 Å². The SMILES string of the molecule is Cc1ccc(C(C)C)c(OCCCn2c(-c3ccccc3Br)nc3ccccc32)c1. The summed E-state index contributed by atoms with van der Waals surface area (Å²) in [6.45, 7) is 8.04. The fraction of sp³-hybridized carbons (Fsp3) is 0.269. The van der Waals surface area contributed by atoms with Crippen molar-refractivity contribution in [1.82, 2.24) is 9.55 Å². The van der Waals surface area contributed by atoms with Crippen LogP contribution in [-0.2, 0) is 6.54 Å². The normalized spacial score (nSPS) is 11.4. The molecule has 0 aliphatic rings. The van der Waals surface area contributed by atoms with Crippen molar-refractivity contribution in [1.29, 1.82) is 0 Å². The lowest BCUT2D eigenvalue weighted by Gasteiger charge is -2.16. The smallest absolute Gasteiger partial charge is 0.142 e. The first kappa shape index (κ1) is 20.7. The molecule has 3 nitrogen and oxygen atoms in total. The van der Waals surface area contributed by atoms with Gasteiger partial charge in [-0.3, -0.25) is 0 Å². The van der Waals surface area contributed by atoms with Gasteiger partial charge in [0, 0.05) is 16.6 Å². The van der Waals surface area contributed by atoms with E-state index in [1.807, 2.05) is 12.1 Å². The van der Waals surface area contributed by atoms with Gasteiger partial charge in [-0.25, -0.2) is 4.98 Å². The zero-order valence-corrected chi connectivity index (χ0v) is 19.3. The van der Waals surface area contributed by atoms with Crippen molar-refractivity contribution in [2.45, 2.75) is 39.7 Å². The lowest BCUT2D eigenvalue weighted by Crippen LogP contribution is -2.07. The van der Waals surface area contributed by atoms with Gasteiger partial charge in [0.15, 0.2) is 0 Å². The van der Waals surface area contributed by atoms with Gasteiger partial charge < -0.3 is 9.30 Å².